The van der Waals surface area contributed by atoms with Crippen LogP contribution in [-0.2, 0) is 0 Å². The normalized spacial score (nSPS) is 10.2. The van der Waals surface area contributed by atoms with E-state index in [9.17, 15) is 10.1 Å². The predicted molar refractivity (Wildman–Crippen MR) is 103 cm³/mol. The van der Waals surface area contributed by atoms with E-state index in [2.05, 4.69) is 15.3 Å². The molecule has 3 aromatic rings. The molecular weight excluding hydrogens is 364 g/mol. The second kappa shape index (κ2) is 8.67. The van der Waals surface area contributed by atoms with Gasteiger partial charge in [-0.2, -0.15) is 4.98 Å². The summed E-state index contributed by atoms with van der Waals surface area (Å²) in [6, 6.07) is 13.8. The number of methoxy groups -OCH3 is 1. The largest absolute Gasteiger partial charge is 0.494 e. The Morgan fingerprint density at radius 1 is 1.07 bits per heavy atom. The molecule has 0 fully saturated rings. The van der Waals surface area contributed by atoms with Gasteiger partial charge in [0.05, 0.1) is 18.6 Å². The first-order valence-corrected chi connectivity index (χ1v) is 8.42. The van der Waals surface area contributed by atoms with Crippen molar-refractivity contribution in [3.63, 3.8) is 0 Å². The molecule has 3 rings (SSSR count). The van der Waals surface area contributed by atoms with Crippen LogP contribution in [0.3, 0.4) is 0 Å². The summed E-state index contributed by atoms with van der Waals surface area (Å²) in [7, 11) is 1.48. The van der Waals surface area contributed by atoms with Crippen LogP contribution in [-0.4, -0.2) is 28.6 Å². The van der Waals surface area contributed by atoms with E-state index in [4.69, 9.17) is 14.2 Å². The van der Waals surface area contributed by atoms with Crippen molar-refractivity contribution < 1.29 is 19.1 Å². The van der Waals surface area contributed by atoms with Gasteiger partial charge in [0.2, 0.25) is 5.82 Å². The molecule has 0 aliphatic heterocycles. The van der Waals surface area contributed by atoms with Crippen LogP contribution in [0.2, 0.25) is 0 Å². The minimum absolute atomic E-state index is 0.00839. The molecule has 0 amide bonds. The number of benzene rings is 2. The van der Waals surface area contributed by atoms with Crippen LogP contribution in [0.25, 0.3) is 0 Å². The van der Waals surface area contributed by atoms with Gasteiger partial charge in [-0.3, -0.25) is 10.1 Å². The first kappa shape index (κ1) is 18.9. The van der Waals surface area contributed by atoms with E-state index in [0.717, 1.165) is 0 Å². The maximum atomic E-state index is 11.7. The molecule has 0 saturated heterocycles. The number of hydrogen-bond acceptors (Lipinski definition) is 8. The SMILES string of the molecule is CCOc1ccc(Nc2ncnc(Oc3ccccc3OC)c2[N+](=O)[O-])cc1. The minimum Gasteiger partial charge on any atom is -0.494 e. The molecule has 144 valence electrons. The van der Waals surface area contributed by atoms with Crippen molar-refractivity contribution in [1.82, 2.24) is 9.97 Å². The second-order valence-electron chi connectivity index (χ2n) is 5.47. The molecule has 0 unspecified atom stereocenters. The minimum atomic E-state index is -0.596. The van der Waals surface area contributed by atoms with E-state index < -0.39 is 4.92 Å². The topological polar surface area (TPSA) is 109 Å². The van der Waals surface area contributed by atoms with Crippen LogP contribution in [0.15, 0.2) is 54.9 Å². The highest BCUT2D eigenvalue weighted by atomic mass is 16.6. The van der Waals surface area contributed by atoms with Crippen molar-refractivity contribution in [3.8, 4) is 23.1 Å². The molecule has 0 radical (unpaired) electrons. The first-order chi connectivity index (χ1) is 13.6. The molecule has 28 heavy (non-hydrogen) atoms. The Bertz CT molecular complexity index is 963. The van der Waals surface area contributed by atoms with E-state index in [0.29, 0.717) is 29.5 Å². The van der Waals surface area contributed by atoms with Crippen molar-refractivity contribution in [2.24, 2.45) is 0 Å². The summed E-state index contributed by atoms with van der Waals surface area (Å²) in [5.41, 5.74) is 0.218. The Hall–Kier alpha value is -3.88. The van der Waals surface area contributed by atoms with Crippen molar-refractivity contribution >= 4 is 17.2 Å². The lowest BCUT2D eigenvalue weighted by atomic mass is 10.3. The Labute approximate surface area is 161 Å². The number of anilines is 2. The Balaban J connectivity index is 1.92. The maximum Gasteiger partial charge on any atom is 0.373 e. The molecule has 1 N–H and O–H groups in total. The average molecular weight is 382 g/mol. The van der Waals surface area contributed by atoms with Gasteiger partial charge in [-0.25, -0.2) is 4.98 Å². The van der Waals surface area contributed by atoms with E-state index in [1.54, 1.807) is 48.5 Å². The third-order valence-corrected chi connectivity index (χ3v) is 3.68. The van der Waals surface area contributed by atoms with Gasteiger partial charge in [0.25, 0.3) is 0 Å². The number of aromatic nitrogens is 2. The van der Waals surface area contributed by atoms with Gasteiger partial charge >= 0.3 is 11.6 Å². The number of para-hydroxylation sites is 2. The molecule has 0 saturated carbocycles. The van der Waals surface area contributed by atoms with Gasteiger partial charge in [-0.1, -0.05) is 12.1 Å². The molecule has 1 heterocycles. The summed E-state index contributed by atoms with van der Waals surface area (Å²) in [6.45, 7) is 2.44. The quantitative estimate of drug-likeness (QED) is 0.453. The van der Waals surface area contributed by atoms with Crippen LogP contribution in [0.1, 0.15) is 6.92 Å². The number of nitrogens with zero attached hydrogens (tertiary/aromatic N) is 3. The van der Waals surface area contributed by atoms with Gasteiger partial charge < -0.3 is 19.5 Å². The fraction of sp³-hybridized carbons (Fsp3) is 0.158. The molecule has 0 bridgehead atoms. The van der Waals surface area contributed by atoms with Gasteiger partial charge in [0.1, 0.15) is 12.1 Å². The maximum absolute atomic E-state index is 11.7. The molecule has 0 atom stereocenters. The highest BCUT2D eigenvalue weighted by Crippen LogP contribution is 2.38. The zero-order chi connectivity index (χ0) is 19.9. The van der Waals surface area contributed by atoms with Crippen molar-refractivity contribution in [1.29, 1.82) is 0 Å². The van der Waals surface area contributed by atoms with E-state index in [1.165, 1.54) is 13.4 Å². The van der Waals surface area contributed by atoms with Gasteiger partial charge in [-0.05, 0) is 43.3 Å². The van der Waals surface area contributed by atoms with Crippen LogP contribution >= 0.6 is 0 Å². The Morgan fingerprint density at radius 3 is 2.43 bits per heavy atom. The lowest BCUT2D eigenvalue weighted by Crippen LogP contribution is -2.04. The Morgan fingerprint density at radius 2 is 1.79 bits per heavy atom. The molecule has 0 aliphatic rings. The van der Waals surface area contributed by atoms with Crippen LogP contribution in [0.5, 0.6) is 23.1 Å². The fourth-order valence-corrected chi connectivity index (χ4v) is 2.44. The number of nitrogens with one attached hydrogen (secondary N) is 1. The second-order valence-corrected chi connectivity index (χ2v) is 5.47. The van der Waals surface area contributed by atoms with Crippen molar-refractivity contribution in [2.45, 2.75) is 6.92 Å². The average Bonchev–Trinajstić information content (AvgIpc) is 2.70. The summed E-state index contributed by atoms with van der Waals surface area (Å²) in [6.07, 6.45) is 1.19. The zero-order valence-corrected chi connectivity index (χ0v) is 15.3. The summed E-state index contributed by atoms with van der Waals surface area (Å²) in [5.74, 6) is 1.24. The molecular formula is C19H18N4O5. The van der Waals surface area contributed by atoms with Crippen molar-refractivity contribution in [3.05, 3.63) is 65.0 Å². The summed E-state index contributed by atoms with van der Waals surface area (Å²) in [4.78, 5) is 19.0. The molecule has 0 aliphatic carbocycles. The first-order valence-electron chi connectivity index (χ1n) is 8.42. The number of rotatable bonds is 8. The summed E-state index contributed by atoms with van der Waals surface area (Å²) >= 11 is 0. The molecule has 0 spiro atoms. The third-order valence-electron chi connectivity index (χ3n) is 3.68. The monoisotopic (exact) mass is 382 g/mol. The molecule has 2 aromatic carbocycles. The van der Waals surface area contributed by atoms with Gasteiger partial charge in [-0.15, -0.1) is 0 Å². The number of nitro groups is 1. The van der Waals surface area contributed by atoms with Crippen LogP contribution < -0.4 is 19.5 Å². The zero-order valence-electron chi connectivity index (χ0n) is 15.3. The fourth-order valence-electron chi connectivity index (χ4n) is 2.44. The van der Waals surface area contributed by atoms with Crippen molar-refractivity contribution in [2.75, 3.05) is 19.0 Å². The van der Waals surface area contributed by atoms with Gasteiger partial charge in [0, 0.05) is 5.69 Å². The van der Waals surface area contributed by atoms with Crippen LogP contribution in [0.4, 0.5) is 17.2 Å². The molecule has 1 aromatic heterocycles. The summed E-state index contributed by atoms with van der Waals surface area (Å²) < 4.78 is 16.2. The number of ether oxygens (including phenoxy) is 3. The molecule has 9 nitrogen and oxygen atoms in total. The lowest BCUT2D eigenvalue weighted by Gasteiger charge is -2.11. The smallest absolute Gasteiger partial charge is 0.373 e. The van der Waals surface area contributed by atoms with E-state index in [-0.39, 0.29) is 17.4 Å². The predicted octanol–water partition coefficient (Wildman–Crippen LogP) is 4.33. The standard InChI is InChI=1S/C19H18N4O5/c1-3-27-14-10-8-13(9-11-14)22-18-17(23(24)25)19(21-12-20-18)28-16-7-5-4-6-15(16)26-2/h4-12H,3H2,1-2H3,(H,20,21,22). The van der Waals surface area contributed by atoms with Crippen LogP contribution in [0, 0.1) is 10.1 Å². The highest BCUT2D eigenvalue weighted by Gasteiger charge is 2.26. The van der Waals surface area contributed by atoms with E-state index >= 15 is 0 Å². The third kappa shape index (κ3) is 4.26. The highest BCUT2D eigenvalue weighted by molar-refractivity contribution is 5.69. The Kier molecular flexibility index (Phi) is 5.85. The molecule has 9 heteroatoms. The lowest BCUT2D eigenvalue weighted by molar-refractivity contribution is -0.385. The number of hydrogen-bond donors (Lipinski definition) is 1. The van der Waals surface area contributed by atoms with Gasteiger partial charge in [0.15, 0.2) is 11.5 Å². The summed E-state index contributed by atoms with van der Waals surface area (Å²) in [5, 5.41) is 14.6. The van der Waals surface area contributed by atoms with E-state index in [1.807, 2.05) is 6.92 Å².